The van der Waals surface area contributed by atoms with E-state index in [1.165, 1.54) is 22.5 Å². The van der Waals surface area contributed by atoms with Crippen LogP contribution in [-0.4, -0.2) is 71.0 Å². The Hall–Kier alpha value is -3.81. The molecule has 13 heteroatoms. The molecule has 1 saturated heterocycles. The van der Waals surface area contributed by atoms with E-state index >= 15 is 0 Å². The number of ether oxygens (including phenoxy) is 1. The summed E-state index contributed by atoms with van der Waals surface area (Å²) in [5, 5.41) is 4.03. The minimum Gasteiger partial charge on any atom is -0.497 e. The SMILES string of the molecule is COc1ccc(-c2noc(CN3CCN(S(=O)(=O)c4ccc5[nH]c(=O)c(=O)[nH]c5c4)CC3)n2)cc1. The lowest BCUT2D eigenvalue weighted by atomic mass is 10.2. The van der Waals surface area contributed by atoms with Gasteiger partial charge in [0.1, 0.15) is 5.75 Å². The first kappa shape index (κ1) is 23.0. The third-order valence-corrected chi connectivity index (χ3v) is 7.73. The average Bonchev–Trinajstić information content (AvgIpc) is 3.33. The molecule has 0 atom stereocenters. The highest BCUT2D eigenvalue weighted by molar-refractivity contribution is 7.89. The van der Waals surface area contributed by atoms with Crippen LogP contribution in [0.25, 0.3) is 22.4 Å². The molecule has 0 bridgehead atoms. The zero-order chi connectivity index (χ0) is 24.6. The number of methoxy groups -OCH3 is 1. The van der Waals surface area contributed by atoms with Gasteiger partial charge >= 0.3 is 11.1 Å². The van der Waals surface area contributed by atoms with Gasteiger partial charge in [-0.3, -0.25) is 14.5 Å². The monoisotopic (exact) mass is 498 g/mol. The summed E-state index contributed by atoms with van der Waals surface area (Å²) in [7, 11) is -2.18. The molecule has 2 aromatic carbocycles. The Morgan fingerprint density at radius 2 is 1.66 bits per heavy atom. The van der Waals surface area contributed by atoms with Crippen LogP contribution < -0.4 is 15.9 Å². The number of aromatic amines is 2. The predicted octanol–water partition coefficient (Wildman–Crippen LogP) is 0.782. The average molecular weight is 499 g/mol. The lowest BCUT2D eigenvalue weighted by Crippen LogP contribution is -2.48. The van der Waals surface area contributed by atoms with E-state index in [4.69, 9.17) is 9.26 Å². The Bertz CT molecular complexity index is 1580. The third-order valence-electron chi connectivity index (χ3n) is 5.84. The molecule has 0 amide bonds. The summed E-state index contributed by atoms with van der Waals surface area (Å²) in [5.74, 6) is 1.65. The highest BCUT2D eigenvalue weighted by atomic mass is 32.2. The van der Waals surface area contributed by atoms with Crippen LogP contribution in [0.15, 0.2) is 61.5 Å². The maximum atomic E-state index is 13.1. The highest BCUT2D eigenvalue weighted by Crippen LogP contribution is 2.22. The number of hydrogen-bond acceptors (Lipinski definition) is 9. The molecule has 35 heavy (non-hydrogen) atoms. The second-order valence-electron chi connectivity index (χ2n) is 8.04. The van der Waals surface area contributed by atoms with Crippen molar-refractivity contribution in [3.05, 3.63) is 69.1 Å². The number of H-pyrrole nitrogens is 2. The molecule has 12 nitrogen and oxygen atoms in total. The summed E-state index contributed by atoms with van der Waals surface area (Å²) >= 11 is 0. The first-order valence-corrected chi connectivity index (χ1v) is 12.2. The quantitative estimate of drug-likeness (QED) is 0.367. The molecular weight excluding hydrogens is 476 g/mol. The van der Waals surface area contributed by atoms with E-state index in [0.717, 1.165) is 11.3 Å². The molecule has 2 aromatic heterocycles. The summed E-state index contributed by atoms with van der Waals surface area (Å²) in [5.41, 5.74) is -0.221. The number of nitrogens with one attached hydrogen (secondary N) is 2. The van der Waals surface area contributed by atoms with E-state index in [1.807, 2.05) is 29.2 Å². The van der Waals surface area contributed by atoms with Crippen LogP contribution in [0, 0.1) is 0 Å². The number of sulfonamides is 1. The molecule has 1 fully saturated rings. The summed E-state index contributed by atoms with van der Waals surface area (Å²) in [6.45, 7) is 1.93. The van der Waals surface area contributed by atoms with Crippen molar-refractivity contribution in [1.82, 2.24) is 29.3 Å². The molecular formula is C22H22N6O6S. The van der Waals surface area contributed by atoms with E-state index in [0.29, 0.717) is 36.9 Å². The molecule has 1 aliphatic heterocycles. The molecule has 0 aliphatic carbocycles. The van der Waals surface area contributed by atoms with Crippen LogP contribution >= 0.6 is 0 Å². The van der Waals surface area contributed by atoms with Gasteiger partial charge < -0.3 is 19.2 Å². The lowest BCUT2D eigenvalue weighted by molar-refractivity contribution is 0.163. The van der Waals surface area contributed by atoms with Crippen molar-refractivity contribution < 1.29 is 17.7 Å². The number of hydrogen-bond donors (Lipinski definition) is 2. The fraction of sp³-hybridized carbons (Fsp3) is 0.273. The van der Waals surface area contributed by atoms with E-state index in [-0.39, 0.29) is 23.5 Å². The van der Waals surface area contributed by atoms with E-state index in [1.54, 1.807) is 7.11 Å². The molecule has 0 saturated carbocycles. The Balaban J connectivity index is 1.24. The molecule has 0 radical (unpaired) electrons. The van der Waals surface area contributed by atoms with Gasteiger partial charge in [0.25, 0.3) is 0 Å². The number of aromatic nitrogens is 4. The molecule has 2 N–H and O–H groups in total. The predicted molar refractivity (Wildman–Crippen MR) is 126 cm³/mol. The van der Waals surface area contributed by atoms with E-state index in [9.17, 15) is 18.0 Å². The van der Waals surface area contributed by atoms with Crippen molar-refractivity contribution in [2.24, 2.45) is 0 Å². The second kappa shape index (κ2) is 9.09. The van der Waals surface area contributed by atoms with E-state index < -0.39 is 21.1 Å². The number of piperazine rings is 1. The van der Waals surface area contributed by atoms with Crippen molar-refractivity contribution >= 4 is 21.1 Å². The van der Waals surface area contributed by atoms with Gasteiger partial charge in [-0.2, -0.15) is 9.29 Å². The van der Waals surface area contributed by atoms with Gasteiger partial charge in [0.2, 0.25) is 21.7 Å². The minimum absolute atomic E-state index is 0.0437. The highest BCUT2D eigenvalue weighted by Gasteiger charge is 2.29. The molecule has 4 aromatic rings. The van der Waals surface area contributed by atoms with Crippen LogP contribution in [0.2, 0.25) is 0 Å². The van der Waals surface area contributed by atoms with Crippen molar-refractivity contribution in [2.45, 2.75) is 11.4 Å². The lowest BCUT2D eigenvalue weighted by Gasteiger charge is -2.33. The minimum atomic E-state index is -3.78. The first-order chi connectivity index (χ1) is 16.8. The number of benzene rings is 2. The van der Waals surface area contributed by atoms with E-state index in [2.05, 4.69) is 20.1 Å². The fourth-order valence-corrected chi connectivity index (χ4v) is 5.35. The second-order valence-corrected chi connectivity index (χ2v) is 9.97. The van der Waals surface area contributed by atoms with Gasteiger partial charge in [-0.25, -0.2) is 8.42 Å². The van der Waals surface area contributed by atoms with Crippen molar-refractivity contribution in [3.63, 3.8) is 0 Å². The molecule has 1 aliphatic rings. The van der Waals surface area contributed by atoms with Crippen LogP contribution in [0.1, 0.15) is 5.89 Å². The summed E-state index contributed by atoms with van der Waals surface area (Å²) in [6, 6.07) is 11.6. The number of nitrogens with zero attached hydrogens (tertiary/aromatic N) is 4. The van der Waals surface area contributed by atoms with Gasteiger partial charge in [-0.05, 0) is 42.5 Å². The van der Waals surface area contributed by atoms with Crippen LogP contribution in [0.5, 0.6) is 5.75 Å². The molecule has 3 heterocycles. The molecule has 0 spiro atoms. The van der Waals surface area contributed by atoms with Gasteiger partial charge in [0.05, 0.1) is 29.6 Å². The summed E-state index contributed by atoms with van der Waals surface area (Å²) in [6.07, 6.45) is 0. The molecule has 182 valence electrons. The maximum Gasteiger partial charge on any atom is 0.314 e. The Kier molecular flexibility index (Phi) is 5.96. The van der Waals surface area contributed by atoms with Crippen LogP contribution in [0.4, 0.5) is 0 Å². The molecule has 5 rings (SSSR count). The topological polar surface area (TPSA) is 154 Å². The fourth-order valence-electron chi connectivity index (χ4n) is 3.90. The number of rotatable bonds is 6. The van der Waals surface area contributed by atoms with Crippen LogP contribution in [0.3, 0.4) is 0 Å². The Labute approximate surface area is 199 Å². The van der Waals surface area contributed by atoms with Crippen molar-refractivity contribution in [2.75, 3.05) is 33.3 Å². The Morgan fingerprint density at radius 3 is 2.34 bits per heavy atom. The van der Waals surface area contributed by atoms with Gasteiger partial charge in [-0.1, -0.05) is 5.16 Å². The first-order valence-electron chi connectivity index (χ1n) is 10.8. The van der Waals surface area contributed by atoms with Crippen molar-refractivity contribution in [1.29, 1.82) is 0 Å². The number of fused-ring (bicyclic) bond motifs is 1. The van der Waals surface area contributed by atoms with Gasteiger partial charge in [-0.15, -0.1) is 0 Å². The standard InChI is InChI=1S/C22H22N6O6S/c1-33-15-4-2-14(3-5-15)20-25-19(34-26-20)13-27-8-10-28(11-9-27)35(31,32)16-6-7-17-18(12-16)24-22(30)21(29)23-17/h2-7,12H,8-11,13H2,1H3,(H,23,29)(H,24,30). The summed E-state index contributed by atoms with van der Waals surface area (Å²) < 4.78 is 38.2. The van der Waals surface area contributed by atoms with Crippen molar-refractivity contribution in [3.8, 4) is 17.1 Å². The van der Waals surface area contributed by atoms with Gasteiger partial charge in [0, 0.05) is 31.7 Å². The van der Waals surface area contributed by atoms with Crippen LogP contribution in [-0.2, 0) is 16.6 Å². The maximum absolute atomic E-state index is 13.1. The smallest absolute Gasteiger partial charge is 0.314 e. The van der Waals surface area contributed by atoms with Gasteiger partial charge in [0.15, 0.2) is 0 Å². The molecule has 0 unspecified atom stereocenters. The third kappa shape index (κ3) is 4.60. The normalized spacial score (nSPS) is 15.5. The largest absolute Gasteiger partial charge is 0.497 e. The zero-order valence-corrected chi connectivity index (χ0v) is 19.5. The zero-order valence-electron chi connectivity index (χ0n) is 18.7. The Morgan fingerprint density at radius 1 is 0.971 bits per heavy atom. The summed E-state index contributed by atoms with van der Waals surface area (Å²) in [4.78, 5) is 34.4.